The average Bonchev–Trinajstić information content (AvgIpc) is 2.28. The summed E-state index contributed by atoms with van der Waals surface area (Å²) >= 11 is 5.80. The Morgan fingerprint density at radius 1 is 1.59 bits per heavy atom. The normalized spacial score (nSPS) is 9.76. The van der Waals surface area contributed by atoms with Crippen LogP contribution in [-0.2, 0) is 0 Å². The summed E-state index contributed by atoms with van der Waals surface area (Å²) in [6, 6.07) is 5.94. The average molecular weight is 255 g/mol. The first-order valence-corrected chi connectivity index (χ1v) is 5.59. The van der Waals surface area contributed by atoms with Crippen LogP contribution in [0.3, 0.4) is 0 Å². The fourth-order valence-electron chi connectivity index (χ4n) is 1.47. The maximum Gasteiger partial charge on any atom is 0.259 e. The molecule has 0 atom stereocenters. The predicted molar refractivity (Wildman–Crippen MR) is 63.2 cm³/mol. The van der Waals surface area contributed by atoms with Crippen molar-refractivity contribution in [2.24, 2.45) is 0 Å². The number of rotatable bonds is 4. The Morgan fingerprint density at radius 3 is 2.82 bits per heavy atom. The van der Waals surface area contributed by atoms with Crippen LogP contribution in [0.4, 0.5) is 4.39 Å². The van der Waals surface area contributed by atoms with Gasteiger partial charge in [0, 0.05) is 6.54 Å². The van der Waals surface area contributed by atoms with Crippen LogP contribution in [0, 0.1) is 17.1 Å². The van der Waals surface area contributed by atoms with Crippen molar-refractivity contribution in [1.29, 1.82) is 5.26 Å². The fourth-order valence-corrected chi connectivity index (χ4v) is 1.71. The molecule has 1 amide bonds. The molecule has 90 valence electrons. The molecule has 1 aromatic rings. The molecule has 0 N–H and O–H groups in total. The van der Waals surface area contributed by atoms with Gasteiger partial charge in [-0.25, -0.2) is 4.39 Å². The van der Waals surface area contributed by atoms with E-state index >= 15 is 0 Å². The van der Waals surface area contributed by atoms with E-state index in [0.717, 1.165) is 0 Å². The zero-order valence-corrected chi connectivity index (χ0v) is 10.2. The highest BCUT2D eigenvalue weighted by atomic mass is 35.5. The number of amides is 1. The number of nitrogens with zero attached hydrogens (tertiary/aromatic N) is 2. The summed E-state index contributed by atoms with van der Waals surface area (Å²) in [4.78, 5) is 13.3. The highest BCUT2D eigenvalue weighted by molar-refractivity contribution is 6.33. The Labute approximate surface area is 104 Å². The molecule has 0 aliphatic rings. The molecular formula is C12H12ClFN2O. The largest absolute Gasteiger partial charge is 0.325 e. The number of nitriles is 1. The van der Waals surface area contributed by atoms with Crippen molar-refractivity contribution in [3.63, 3.8) is 0 Å². The van der Waals surface area contributed by atoms with Gasteiger partial charge >= 0.3 is 0 Å². The van der Waals surface area contributed by atoms with Crippen molar-refractivity contribution < 1.29 is 9.18 Å². The summed E-state index contributed by atoms with van der Waals surface area (Å²) in [5.74, 6) is -1.21. The highest BCUT2D eigenvalue weighted by Gasteiger charge is 2.21. The van der Waals surface area contributed by atoms with Crippen molar-refractivity contribution in [2.75, 3.05) is 13.1 Å². The third kappa shape index (κ3) is 3.18. The number of halogens is 2. The van der Waals surface area contributed by atoms with Gasteiger partial charge in [-0.2, -0.15) is 5.26 Å². The number of carbonyl (C=O) groups excluding carboxylic acids is 1. The molecule has 1 aromatic carbocycles. The molecule has 0 heterocycles. The summed E-state index contributed by atoms with van der Waals surface area (Å²) in [6.07, 6.45) is 0.694. The zero-order valence-electron chi connectivity index (χ0n) is 9.41. The molecule has 3 nitrogen and oxygen atoms in total. The van der Waals surface area contributed by atoms with Crippen LogP contribution in [0.2, 0.25) is 5.02 Å². The molecule has 0 saturated carbocycles. The quantitative estimate of drug-likeness (QED) is 0.776. The molecule has 0 fully saturated rings. The van der Waals surface area contributed by atoms with E-state index in [9.17, 15) is 9.18 Å². The van der Waals surface area contributed by atoms with Crippen LogP contribution in [0.25, 0.3) is 0 Å². The standard InChI is InChI=1S/C12H12ClFN2O/c1-2-7-16(8-6-15)12(17)11-9(13)4-3-5-10(11)14/h3-5H,2,7-8H2,1H3. The summed E-state index contributed by atoms with van der Waals surface area (Å²) in [5, 5.41) is 8.69. The molecule has 0 spiro atoms. The smallest absolute Gasteiger partial charge is 0.259 e. The lowest BCUT2D eigenvalue weighted by molar-refractivity contribution is 0.0771. The number of benzene rings is 1. The monoisotopic (exact) mass is 254 g/mol. The number of hydrogen-bond acceptors (Lipinski definition) is 2. The number of carbonyl (C=O) groups is 1. The lowest BCUT2D eigenvalue weighted by Gasteiger charge is -2.19. The van der Waals surface area contributed by atoms with E-state index in [1.807, 2.05) is 13.0 Å². The van der Waals surface area contributed by atoms with Crippen molar-refractivity contribution in [2.45, 2.75) is 13.3 Å². The molecule has 5 heteroatoms. The Balaban J connectivity index is 3.05. The second kappa shape index (κ2) is 6.21. The van der Waals surface area contributed by atoms with Gasteiger partial charge in [0.2, 0.25) is 0 Å². The minimum atomic E-state index is -0.665. The summed E-state index contributed by atoms with van der Waals surface area (Å²) in [6.45, 7) is 2.20. The van der Waals surface area contributed by atoms with Crippen LogP contribution in [0.5, 0.6) is 0 Å². The third-order valence-corrected chi connectivity index (χ3v) is 2.53. The molecular weight excluding hydrogens is 243 g/mol. The first-order valence-electron chi connectivity index (χ1n) is 5.22. The van der Waals surface area contributed by atoms with Gasteiger partial charge in [0.1, 0.15) is 12.4 Å². The summed E-state index contributed by atoms with van der Waals surface area (Å²) in [7, 11) is 0. The van der Waals surface area contributed by atoms with Gasteiger partial charge in [-0.3, -0.25) is 4.79 Å². The Kier molecular flexibility index (Phi) is 4.92. The van der Waals surface area contributed by atoms with Crippen LogP contribution >= 0.6 is 11.6 Å². The maximum absolute atomic E-state index is 13.5. The van der Waals surface area contributed by atoms with Crippen LogP contribution in [0.15, 0.2) is 18.2 Å². The van der Waals surface area contributed by atoms with E-state index in [1.165, 1.54) is 23.1 Å². The molecule has 0 aliphatic heterocycles. The number of hydrogen-bond donors (Lipinski definition) is 0. The molecule has 0 bridgehead atoms. The van der Waals surface area contributed by atoms with E-state index in [-0.39, 0.29) is 17.1 Å². The molecule has 0 aliphatic carbocycles. The van der Waals surface area contributed by atoms with E-state index in [1.54, 1.807) is 0 Å². The van der Waals surface area contributed by atoms with Gasteiger partial charge in [0.25, 0.3) is 5.91 Å². The predicted octanol–water partition coefficient (Wildman–Crippen LogP) is 2.85. The van der Waals surface area contributed by atoms with Gasteiger partial charge in [0.15, 0.2) is 0 Å². The van der Waals surface area contributed by atoms with E-state index in [2.05, 4.69) is 0 Å². The second-order valence-electron chi connectivity index (χ2n) is 3.48. The molecule has 0 radical (unpaired) electrons. The molecule has 1 rings (SSSR count). The molecule has 0 saturated heterocycles. The van der Waals surface area contributed by atoms with E-state index in [0.29, 0.717) is 13.0 Å². The van der Waals surface area contributed by atoms with Gasteiger partial charge < -0.3 is 4.90 Å². The first-order chi connectivity index (χ1) is 8.11. The van der Waals surface area contributed by atoms with Crippen LogP contribution < -0.4 is 0 Å². The van der Waals surface area contributed by atoms with E-state index in [4.69, 9.17) is 16.9 Å². The van der Waals surface area contributed by atoms with Crippen molar-refractivity contribution in [3.05, 3.63) is 34.6 Å². The third-order valence-electron chi connectivity index (χ3n) is 2.22. The highest BCUT2D eigenvalue weighted by Crippen LogP contribution is 2.20. The van der Waals surface area contributed by atoms with Gasteiger partial charge in [-0.15, -0.1) is 0 Å². The maximum atomic E-state index is 13.5. The van der Waals surface area contributed by atoms with Gasteiger partial charge in [-0.1, -0.05) is 24.6 Å². The van der Waals surface area contributed by atoms with Gasteiger partial charge in [-0.05, 0) is 18.6 Å². The fraction of sp³-hybridized carbons (Fsp3) is 0.333. The van der Waals surface area contributed by atoms with E-state index < -0.39 is 11.7 Å². The Bertz CT molecular complexity index is 436. The molecule has 0 aromatic heterocycles. The van der Waals surface area contributed by atoms with Crippen LogP contribution in [0.1, 0.15) is 23.7 Å². The minimum absolute atomic E-state index is 0.0639. The summed E-state index contributed by atoms with van der Waals surface area (Å²) in [5.41, 5.74) is -0.169. The van der Waals surface area contributed by atoms with Crippen LogP contribution in [-0.4, -0.2) is 23.9 Å². The van der Waals surface area contributed by atoms with Gasteiger partial charge in [0.05, 0.1) is 16.7 Å². The lowest BCUT2D eigenvalue weighted by Crippen LogP contribution is -2.33. The topological polar surface area (TPSA) is 44.1 Å². The lowest BCUT2D eigenvalue weighted by atomic mass is 10.1. The Hall–Kier alpha value is -1.60. The molecule has 17 heavy (non-hydrogen) atoms. The summed E-state index contributed by atoms with van der Waals surface area (Å²) < 4.78 is 13.5. The van der Waals surface area contributed by atoms with Crippen molar-refractivity contribution in [1.82, 2.24) is 4.90 Å². The second-order valence-corrected chi connectivity index (χ2v) is 3.89. The van der Waals surface area contributed by atoms with Crippen molar-refractivity contribution in [3.8, 4) is 6.07 Å². The molecule has 0 unspecified atom stereocenters. The van der Waals surface area contributed by atoms with Crippen molar-refractivity contribution >= 4 is 17.5 Å². The first kappa shape index (κ1) is 13.5. The SMILES string of the molecule is CCCN(CC#N)C(=O)c1c(F)cccc1Cl. The zero-order chi connectivity index (χ0) is 12.8. The minimum Gasteiger partial charge on any atom is -0.325 e. The Morgan fingerprint density at radius 2 is 2.29 bits per heavy atom.